The molecule has 25 heavy (non-hydrogen) atoms. The Morgan fingerprint density at radius 2 is 1.92 bits per heavy atom. The number of fused-ring (bicyclic) bond motifs is 1. The first-order valence-corrected chi connectivity index (χ1v) is 8.77. The van der Waals surface area contributed by atoms with E-state index in [0.29, 0.717) is 38.4 Å². The van der Waals surface area contributed by atoms with Gasteiger partial charge in [0.2, 0.25) is 5.91 Å². The maximum absolute atomic E-state index is 12.2. The number of pyridine rings is 1. The topological polar surface area (TPSA) is 88.3 Å². The number of nitrogens with two attached hydrogens (primary N) is 1. The van der Waals surface area contributed by atoms with Crippen LogP contribution in [0.15, 0.2) is 36.4 Å². The molecule has 1 saturated heterocycles. The number of nitrogens with zero attached hydrogens (tertiary/aromatic N) is 2. The van der Waals surface area contributed by atoms with Crippen LogP contribution in [-0.4, -0.2) is 41.5 Å². The van der Waals surface area contributed by atoms with Gasteiger partial charge in [0, 0.05) is 43.6 Å². The maximum atomic E-state index is 12.2. The number of piperidine rings is 1. The third kappa shape index (κ3) is 4.68. The summed E-state index contributed by atoms with van der Waals surface area (Å²) in [5.74, 6) is 0.0501. The molecule has 1 aromatic carbocycles. The van der Waals surface area contributed by atoms with E-state index in [9.17, 15) is 9.59 Å². The Kier molecular flexibility index (Phi) is 5.48. The zero-order valence-corrected chi connectivity index (χ0v) is 14.3. The Balaban J connectivity index is 1.44. The number of nitrogens with one attached hydrogen (secondary N) is 1. The first kappa shape index (κ1) is 17.2. The second-order valence-electron chi connectivity index (χ2n) is 6.58. The summed E-state index contributed by atoms with van der Waals surface area (Å²) >= 11 is 0. The number of hydrogen-bond donors (Lipinski definition) is 2. The number of carbonyl (C=O) groups is 2. The smallest absolute Gasteiger partial charge is 0.317 e. The Bertz CT molecular complexity index is 754. The van der Waals surface area contributed by atoms with Crippen LogP contribution in [0, 0.1) is 5.92 Å². The van der Waals surface area contributed by atoms with Crippen molar-refractivity contribution in [3.63, 3.8) is 0 Å². The minimum absolute atomic E-state index is 0.0432. The molecule has 0 spiro atoms. The number of aromatic nitrogens is 1. The third-order valence-corrected chi connectivity index (χ3v) is 4.71. The average molecular weight is 340 g/mol. The number of primary amides is 1. The van der Waals surface area contributed by atoms with E-state index in [2.05, 4.69) is 16.4 Å². The molecule has 0 atom stereocenters. The number of benzene rings is 1. The molecule has 1 aliphatic rings. The Morgan fingerprint density at radius 1 is 1.16 bits per heavy atom. The molecule has 1 aromatic heterocycles. The molecular weight excluding hydrogens is 316 g/mol. The zero-order valence-electron chi connectivity index (χ0n) is 14.3. The lowest BCUT2D eigenvalue weighted by Gasteiger charge is -2.31. The third-order valence-electron chi connectivity index (χ3n) is 4.71. The van der Waals surface area contributed by atoms with Crippen molar-refractivity contribution in [2.24, 2.45) is 11.7 Å². The van der Waals surface area contributed by atoms with Gasteiger partial charge < -0.3 is 16.0 Å². The number of likely N-dealkylation sites (tertiary alicyclic amines) is 1. The second kappa shape index (κ2) is 7.96. The van der Waals surface area contributed by atoms with Crippen molar-refractivity contribution in [3.8, 4) is 0 Å². The highest BCUT2D eigenvalue weighted by Crippen LogP contribution is 2.20. The largest absolute Gasteiger partial charge is 0.370 e. The van der Waals surface area contributed by atoms with Crippen LogP contribution in [0.3, 0.4) is 0 Å². The van der Waals surface area contributed by atoms with E-state index in [1.54, 1.807) is 0 Å². The Labute approximate surface area is 147 Å². The van der Waals surface area contributed by atoms with E-state index in [1.807, 2.05) is 35.2 Å². The van der Waals surface area contributed by atoms with Gasteiger partial charge in [0.05, 0.1) is 5.52 Å². The summed E-state index contributed by atoms with van der Waals surface area (Å²) in [7, 11) is 0. The van der Waals surface area contributed by atoms with Gasteiger partial charge in [-0.25, -0.2) is 4.79 Å². The number of hydrogen-bond acceptors (Lipinski definition) is 3. The molecule has 3 N–H and O–H groups in total. The predicted molar refractivity (Wildman–Crippen MR) is 97.0 cm³/mol. The fourth-order valence-corrected chi connectivity index (χ4v) is 3.28. The van der Waals surface area contributed by atoms with E-state index in [0.717, 1.165) is 29.4 Å². The molecule has 2 aromatic rings. The van der Waals surface area contributed by atoms with Gasteiger partial charge in [-0.3, -0.25) is 9.78 Å². The summed E-state index contributed by atoms with van der Waals surface area (Å²) in [4.78, 5) is 29.6. The first-order valence-electron chi connectivity index (χ1n) is 8.77. The van der Waals surface area contributed by atoms with Crippen LogP contribution < -0.4 is 11.1 Å². The highest BCUT2D eigenvalue weighted by molar-refractivity contribution is 5.78. The SMILES string of the molecule is NC(=O)CC1CCN(C(=O)NCCc2ccc3ccccc3n2)CC1. The van der Waals surface area contributed by atoms with Crippen molar-refractivity contribution in [1.82, 2.24) is 15.2 Å². The standard InChI is InChI=1S/C19H24N4O2/c20-18(24)13-14-8-11-23(12-9-14)19(25)21-10-7-16-6-5-15-3-1-2-4-17(15)22-16/h1-6,14H,7-13H2,(H2,20,24)(H,21,25). The lowest BCUT2D eigenvalue weighted by molar-refractivity contribution is -0.119. The van der Waals surface area contributed by atoms with Crippen molar-refractivity contribution in [2.45, 2.75) is 25.7 Å². The molecule has 0 aliphatic carbocycles. The van der Waals surface area contributed by atoms with Gasteiger partial charge in [-0.15, -0.1) is 0 Å². The fraction of sp³-hybridized carbons (Fsp3) is 0.421. The van der Waals surface area contributed by atoms with E-state index in [1.165, 1.54) is 0 Å². The Hall–Kier alpha value is -2.63. The van der Waals surface area contributed by atoms with Crippen LogP contribution in [0.4, 0.5) is 4.79 Å². The van der Waals surface area contributed by atoms with E-state index in [4.69, 9.17) is 5.73 Å². The monoisotopic (exact) mass is 340 g/mol. The molecule has 1 fully saturated rings. The molecule has 6 heteroatoms. The average Bonchev–Trinajstić information content (AvgIpc) is 2.61. The lowest BCUT2D eigenvalue weighted by atomic mass is 9.93. The van der Waals surface area contributed by atoms with Crippen molar-refractivity contribution in [3.05, 3.63) is 42.1 Å². The van der Waals surface area contributed by atoms with Crippen LogP contribution in [0.2, 0.25) is 0 Å². The van der Waals surface area contributed by atoms with Gasteiger partial charge in [-0.2, -0.15) is 0 Å². The van der Waals surface area contributed by atoms with Crippen LogP contribution in [0.5, 0.6) is 0 Å². The summed E-state index contributed by atoms with van der Waals surface area (Å²) in [6, 6.07) is 12.0. The summed E-state index contributed by atoms with van der Waals surface area (Å²) < 4.78 is 0. The van der Waals surface area contributed by atoms with Gasteiger partial charge >= 0.3 is 6.03 Å². The van der Waals surface area contributed by atoms with Crippen LogP contribution in [0.1, 0.15) is 25.0 Å². The molecule has 132 valence electrons. The summed E-state index contributed by atoms with van der Waals surface area (Å²) in [5, 5.41) is 4.08. The number of para-hydroxylation sites is 1. The summed E-state index contributed by atoms with van der Waals surface area (Å²) in [6.07, 6.45) is 2.79. The van der Waals surface area contributed by atoms with Crippen molar-refractivity contribution >= 4 is 22.8 Å². The second-order valence-corrected chi connectivity index (χ2v) is 6.58. The maximum Gasteiger partial charge on any atom is 0.317 e. The predicted octanol–water partition coefficient (Wildman–Crippen LogP) is 2.07. The number of rotatable bonds is 5. The Morgan fingerprint density at radius 3 is 2.68 bits per heavy atom. The molecule has 0 saturated carbocycles. The van der Waals surface area contributed by atoms with Crippen molar-refractivity contribution in [1.29, 1.82) is 0 Å². The first-order chi connectivity index (χ1) is 12.1. The molecule has 6 nitrogen and oxygen atoms in total. The molecule has 2 heterocycles. The molecule has 0 bridgehead atoms. The molecule has 3 amide bonds. The van der Waals surface area contributed by atoms with E-state index in [-0.39, 0.29) is 11.9 Å². The lowest BCUT2D eigenvalue weighted by Crippen LogP contribution is -2.45. The molecule has 1 aliphatic heterocycles. The number of amides is 3. The summed E-state index contributed by atoms with van der Waals surface area (Å²) in [5.41, 5.74) is 7.18. The van der Waals surface area contributed by atoms with Crippen LogP contribution in [0.25, 0.3) is 10.9 Å². The molecular formula is C19H24N4O2. The minimum atomic E-state index is -0.259. The number of carbonyl (C=O) groups excluding carboxylic acids is 2. The summed E-state index contributed by atoms with van der Waals surface area (Å²) in [6.45, 7) is 1.92. The van der Waals surface area contributed by atoms with Gasteiger partial charge in [0.25, 0.3) is 0 Å². The fourth-order valence-electron chi connectivity index (χ4n) is 3.28. The molecule has 3 rings (SSSR count). The zero-order chi connectivity index (χ0) is 17.6. The van der Waals surface area contributed by atoms with Gasteiger partial charge in [0.1, 0.15) is 0 Å². The van der Waals surface area contributed by atoms with Gasteiger partial charge in [-0.1, -0.05) is 24.3 Å². The van der Waals surface area contributed by atoms with Crippen LogP contribution in [-0.2, 0) is 11.2 Å². The van der Waals surface area contributed by atoms with Gasteiger partial charge in [0.15, 0.2) is 0 Å². The van der Waals surface area contributed by atoms with E-state index >= 15 is 0 Å². The quantitative estimate of drug-likeness (QED) is 0.873. The highest BCUT2D eigenvalue weighted by Gasteiger charge is 2.23. The van der Waals surface area contributed by atoms with Crippen molar-refractivity contribution < 1.29 is 9.59 Å². The van der Waals surface area contributed by atoms with Crippen LogP contribution >= 0.6 is 0 Å². The molecule has 0 radical (unpaired) electrons. The minimum Gasteiger partial charge on any atom is -0.370 e. The van der Waals surface area contributed by atoms with Crippen molar-refractivity contribution in [2.75, 3.05) is 19.6 Å². The van der Waals surface area contributed by atoms with E-state index < -0.39 is 0 Å². The highest BCUT2D eigenvalue weighted by atomic mass is 16.2. The van der Waals surface area contributed by atoms with Gasteiger partial charge in [-0.05, 0) is 30.9 Å². The normalized spacial score (nSPS) is 15.3. The molecule has 0 unspecified atom stereocenters. The number of urea groups is 1.